The molecule has 0 saturated carbocycles. The number of fused-ring (bicyclic) bond motifs is 2. The molecule has 0 amide bonds. The summed E-state index contributed by atoms with van der Waals surface area (Å²) in [6, 6.07) is 17.7. The van der Waals surface area contributed by atoms with E-state index in [4.69, 9.17) is 0 Å². The molecule has 0 bridgehead atoms. The third kappa shape index (κ3) is 1.82. The van der Waals surface area contributed by atoms with Crippen LogP contribution in [-0.2, 0) is 12.8 Å². The highest BCUT2D eigenvalue weighted by Gasteiger charge is 2.34. The number of benzene rings is 2. The fourth-order valence-corrected chi connectivity index (χ4v) is 3.89. The summed E-state index contributed by atoms with van der Waals surface area (Å²) in [5.41, 5.74) is 8.85. The Balaban J connectivity index is 1.80. The maximum atomic E-state index is 2.42. The van der Waals surface area contributed by atoms with E-state index in [-0.39, 0.29) is 5.41 Å². The molecule has 0 aromatic heterocycles. The van der Waals surface area contributed by atoms with Crippen molar-refractivity contribution in [3.63, 3.8) is 0 Å². The molecule has 2 aliphatic rings. The van der Waals surface area contributed by atoms with Crippen molar-refractivity contribution in [1.82, 2.24) is 0 Å². The van der Waals surface area contributed by atoms with Gasteiger partial charge in [-0.2, -0.15) is 0 Å². The fourth-order valence-electron chi connectivity index (χ4n) is 3.89. The average molecular weight is 272 g/mol. The van der Waals surface area contributed by atoms with Gasteiger partial charge in [0.05, 0.1) is 0 Å². The van der Waals surface area contributed by atoms with E-state index >= 15 is 0 Å². The van der Waals surface area contributed by atoms with Crippen LogP contribution in [0.1, 0.15) is 36.1 Å². The quantitative estimate of drug-likeness (QED) is 0.696. The largest absolute Gasteiger partial charge is 0.0754 e. The molecule has 2 aromatic rings. The number of allylic oxidation sites excluding steroid dienone is 4. The van der Waals surface area contributed by atoms with Crippen LogP contribution in [0.3, 0.4) is 0 Å². The minimum Gasteiger partial charge on any atom is -0.0754 e. The second-order valence-corrected chi connectivity index (χ2v) is 6.58. The predicted molar refractivity (Wildman–Crippen MR) is 90.0 cm³/mol. The maximum absolute atomic E-state index is 2.42. The van der Waals surface area contributed by atoms with Crippen molar-refractivity contribution >= 4 is 11.1 Å². The van der Waals surface area contributed by atoms with Gasteiger partial charge in [-0.25, -0.2) is 0 Å². The molecular weight excluding hydrogens is 252 g/mol. The van der Waals surface area contributed by atoms with Gasteiger partial charge in [-0.05, 0) is 46.2 Å². The third-order valence-corrected chi connectivity index (χ3v) is 5.01. The molecule has 4 rings (SSSR count). The Morgan fingerprint density at radius 1 is 0.667 bits per heavy atom. The molecule has 0 N–H and O–H groups in total. The van der Waals surface area contributed by atoms with Crippen LogP contribution in [0.15, 0.2) is 60.7 Å². The lowest BCUT2D eigenvalue weighted by molar-refractivity contribution is 0.675. The zero-order valence-electron chi connectivity index (χ0n) is 12.7. The molecule has 0 fully saturated rings. The lowest BCUT2D eigenvalue weighted by Gasteiger charge is -2.30. The van der Waals surface area contributed by atoms with Crippen LogP contribution in [0.4, 0.5) is 0 Å². The fraction of sp³-hybridized carbons (Fsp3) is 0.238. The molecule has 0 aliphatic heterocycles. The van der Waals surface area contributed by atoms with Gasteiger partial charge in [0.15, 0.2) is 0 Å². The highest BCUT2D eigenvalue weighted by Crippen LogP contribution is 2.50. The molecule has 0 nitrogen and oxygen atoms in total. The lowest BCUT2D eigenvalue weighted by atomic mass is 9.73. The Kier molecular flexibility index (Phi) is 2.68. The summed E-state index contributed by atoms with van der Waals surface area (Å²) in [4.78, 5) is 0. The van der Waals surface area contributed by atoms with E-state index in [1.54, 1.807) is 0 Å². The van der Waals surface area contributed by atoms with Crippen LogP contribution in [0.5, 0.6) is 0 Å². The normalized spacial score (nSPS) is 16.3. The Labute approximate surface area is 126 Å². The Bertz CT molecular complexity index is 707. The predicted octanol–water partition coefficient (Wildman–Crippen LogP) is 5.29. The second-order valence-electron chi connectivity index (χ2n) is 6.58. The first kappa shape index (κ1) is 12.6. The van der Waals surface area contributed by atoms with Crippen molar-refractivity contribution < 1.29 is 0 Å². The van der Waals surface area contributed by atoms with Crippen LogP contribution < -0.4 is 0 Å². The zero-order valence-corrected chi connectivity index (χ0v) is 12.7. The number of hydrogen-bond donors (Lipinski definition) is 0. The number of hydrogen-bond acceptors (Lipinski definition) is 0. The lowest BCUT2D eigenvalue weighted by Crippen LogP contribution is -2.15. The van der Waals surface area contributed by atoms with Gasteiger partial charge in [0, 0.05) is 5.41 Å². The van der Waals surface area contributed by atoms with Gasteiger partial charge in [-0.3, -0.25) is 0 Å². The van der Waals surface area contributed by atoms with Crippen LogP contribution in [-0.4, -0.2) is 0 Å². The Morgan fingerprint density at radius 2 is 1.10 bits per heavy atom. The molecule has 0 heteroatoms. The standard InChI is InChI=1S/C21H20/c1-21(2,19-13-11-15-7-3-5-9-17(15)19)20-14-12-16-8-4-6-10-18(16)20/h3-10,13-14H,11-12H2,1-2H3. The molecule has 0 heterocycles. The topological polar surface area (TPSA) is 0 Å². The van der Waals surface area contributed by atoms with E-state index in [1.807, 2.05) is 0 Å². The van der Waals surface area contributed by atoms with Crippen LogP contribution in [0.2, 0.25) is 0 Å². The molecule has 2 aromatic carbocycles. The molecule has 0 saturated heterocycles. The molecule has 0 unspecified atom stereocenters. The summed E-state index contributed by atoms with van der Waals surface area (Å²) >= 11 is 0. The van der Waals surface area contributed by atoms with Crippen LogP contribution in [0.25, 0.3) is 11.1 Å². The first-order chi connectivity index (χ1) is 10.2. The summed E-state index contributed by atoms with van der Waals surface area (Å²) in [6.07, 6.45) is 6.99. The van der Waals surface area contributed by atoms with E-state index in [0.717, 1.165) is 12.8 Å². The van der Waals surface area contributed by atoms with Crippen molar-refractivity contribution in [2.75, 3.05) is 0 Å². The van der Waals surface area contributed by atoms with Crippen LogP contribution in [0, 0.1) is 5.41 Å². The molecule has 21 heavy (non-hydrogen) atoms. The highest BCUT2D eigenvalue weighted by atomic mass is 14.4. The summed E-state index contributed by atoms with van der Waals surface area (Å²) in [5.74, 6) is 0. The van der Waals surface area contributed by atoms with Gasteiger partial charge in [0.25, 0.3) is 0 Å². The molecular formula is C21H20. The smallest absolute Gasteiger partial charge is 0.0152 e. The summed E-state index contributed by atoms with van der Waals surface area (Å²) in [5, 5.41) is 0. The van der Waals surface area contributed by atoms with Gasteiger partial charge in [-0.1, -0.05) is 74.5 Å². The first-order valence-electron chi connectivity index (χ1n) is 7.76. The van der Waals surface area contributed by atoms with Crippen molar-refractivity contribution in [3.05, 3.63) is 82.9 Å². The monoisotopic (exact) mass is 272 g/mol. The van der Waals surface area contributed by atoms with Crippen molar-refractivity contribution in [3.8, 4) is 0 Å². The van der Waals surface area contributed by atoms with E-state index in [1.165, 1.54) is 33.4 Å². The summed E-state index contributed by atoms with van der Waals surface area (Å²) < 4.78 is 0. The molecule has 0 spiro atoms. The van der Waals surface area contributed by atoms with E-state index in [2.05, 4.69) is 74.5 Å². The van der Waals surface area contributed by atoms with Crippen molar-refractivity contribution in [1.29, 1.82) is 0 Å². The number of rotatable bonds is 2. The summed E-state index contributed by atoms with van der Waals surface area (Å²) in [6.45, 7) is 4.74. The minimum absolute atomic E-state index is 0.0687. The maximum Gasteiger partial charge on any atom is 0.0152 e. The first-order valence-corrected chi connectivity index (χ1v) is 7.76. The minimum atomic E-state index is 0.0687. The third-order valence-electron chi connectivity index (χ3n) is 5.01. The Hall–Kier alpha value is -2.08. The van der Waals surface area contributed by atoms with Gasteiger partial charge in [0.2, 0.25) is 0 Å². The van der Waals surface area contributed by atoms with Crippen molar-refractivity contribution in [2.24, 2.45) is 5.41 Å². The van der Waals surface area contributed by atoms with Gasteiger partial charge < -0.3 is 0 Å². The Morgan fingerprint density at radius 3 is 1.57 bits per heavy atom. The van der Waals surface area contributed by atoms with E-state index in [9.17, 15) is 0 Å². The molecule has 0 atom stereocenters. The van der Waals surface area contributed by atoms with Gasteiger partial charge >= 0.3 is 0 Å². The van der Waals surface area contributed by atoms with E-state index in [0.29, 0.717) is 0 Å². The second kappa shape index (κ2) is 4.46. The van der Waals surface area contributed by atoms with E-state index < -0.39 is 0 Å². The van der Waals surface area contributed by atoms with Crippen molar-refractivity contribution in [2.45, 2.75) is 26.7 Å². The highest BCUT2D eigenvalue weighted by molar-refractivity contribution is 5.90. The molecule has 104 valence electrons. The SMILES string of the molecule is CC(C)(C1=CCc2ccccc21)C1=CCc2ccccc21. The molecule has 0 radical (unpaired) electrons. The zero-order chi connectivity index (χ0) is 14.4. The molecule has 2 aliphatic carbocycles. The average Bonchev–Trinajstić information content (AvgIpc) is 3.12. The van der Waals surface area contributed by atoms with Gasteiger partial charge in [0.1, 0.15) is 0 Å². The van der Waals surface area contributed by atoms with Gasteiger partial charge in [-0.15, -0.1) is 0 Å². The summed E-state index contributed by atoms with van der Waals surface area (Å²) in [7, 11) is 0. The van der Waals surface area contributed by atoms with Crippen LogP contribution >= 0.6 is 0 Å².